The molecule has 29 heavy (non-hydrogen) atoms. The first-order chi connectivity index (χ1) is 13.4. The van der Waals surface area contributed by atoms with E-state index >= 15 is 0 Å². The van der Waals surface area contributed by atoms with Gasteiger partial charge in [-0.3, -0.25) is 4.79 Å². The molecule has 3 N–H and O–H groups in total. The molecule has 0 saturated carbocycles. The van der Waals surface area contributed by atoms with E-state index in [1.165, 1.54) is 0 Å². The number of allylic oxidation sites excluding steroid dienone is 1. The van der Waals surface area contributed by atoms with Crippen LogP contribution in [0, 0.1) is 11.8 Å². The Kier molecular flexibility index (Phi) is 9.14. The number of nitrogens with one attached hydrogen (secondary N) is 1. The minimum absolute atomic E-state index is 0.0235. The van der Waals surface area contributed by atoms with Gasteiger partial charge in [0.2, 0.25) is 5.91 Å². The number of rotatable bonds is 9. The van der Waals surface area contributed by atoms with Crippen LogP contribution in [0.1, 0.15) is 60.3 Å². The molecule has 1 fully saturated rings. The zero-order valence-electron chi connectivity index (χ0n) is 18.2. The van der Waals surface area contributed by atoms with E-state index in [0.717, 1.165) is 17.7 Å². The van der Waals surface area contributed by atoms with Crippen LogP contribution in [0.15, 0.2) is 12.7 Å². The number of carbonyl (C=O) groups is 3. The third kappa shape index (κ3) is 8.04. The van der Waals surface area contributed by atoms with Crippen LogP contribution in [0.25, 0.3) is 0 Å². The van der Waals surface area contributed by atoms with Gasteiger partial charge in [0.1, 0.15) is 17.7 Å². The van der Waals surface area contributed by atoms with Gasteiger partial charge in [-0.25, -0.2) is 9.59 Å². The predicted octanol–water partition coefficient (Wildman–Crippen LogP) is 2.55. The van der Waals surface area contributed by atoms with Crippen molar-refractivity contribution in [2.75, 3.05) is 6.54 Å². The Morgan fingerprint density at radius 1 is 1.31 bits per heavy atom. The van der Waals surface area contributed by atoms with E-state index in [1.807, 2.05) is 13.0 Å². The number of carboxylic acid groups (broad SMARTS) is 1. The standard InChI is InChI=1S/C21H36N2O6/c1-7-8-9-13(2)10-14(3)17(22-20(28)29-21(4,5)6)18(25)23-12-15(24)11-16(23)19(26)27/h7,13-17,24H,1,8-12H2,2-6H3,(H,22,28)(H,26,27)/t13?,14-,15-,16?,17+/m1/s1. The van der Waals surface area contributed by atoms with Crippen LogP contribution in [0.2, 0.25) is 0 Å². The zero-order valence-corrected chi connectivity index (χ0v) is 18.2. The van der Waals surface area contributed by atoms with Gasteiger partial charge in [0.05, 0.1) is 6.10 Å². The minimum Gasteiger partial charge on any atom is -0.480 e. The number of likely N-dealkylation sites (tertiary alicyclic amines) is 1. The highest BCUT2D eigenvalue weighted by atomic mass is 16.6. The van der Waals surface area contributed by atoms with Crippen LogP contribution in [0.5, 0.6) is 0 Å². The topological polar surface area (TPSA) is 116 Å². The number of carbonyl (C=O) groups excluding carboxylic acids is 2. The number of carboxylic acids is 1. The molecule has 1 heterocycles. The van der Waals surface area contributed by atoms with E-state index in [1.54, 1.807) is 20.8 Å². The second-order valence-electron chi connectivity index (χ2n) is 9.04. The lowest BCUT2D eigenvalue weighted by atomic mass is 9.88. The molecule has 0 aromatic carbocycles. The normalized spacial score (nSPS) is 22.5. The van der Waals surface area contributed by atoms with Crippen molar-refractivity contribution in [1.82, 2.24) is 10.2 Å². The van der Waals surface area contributed by atoms with E-state index in [2.05, 4.69) is 18.8 Å². The molecule has 1 rings (SSSR count). The Balaban J connectivity index is 3.01. The second-order valence-corrected chi connectivity index (χ2v) is 9.04. The van der Waals surface area contributed by atoms with Gasteiger partial charge in [-0.15, -0.1) is 6.58 Å². The van der Waals surface area contributed by atoms with Crippen molar-refractivity contribution in [2.24, 2.45) is 11.8 Å². The number of alkyl carbamates (subject to hydrolysis) is 1. The Morgan fingerprint density at radius 2 is 1.93 bits per heavy atom. The summed E-state index contributed by atoms with van der Waals surface area (Å²) in [6.07, 6.45) is 2.61. The zero-order chi connectivity index (χ0) is 22.4. The average Bonchev–Trinajstić information content (AvgIpc) is 2.97. The Morgan fingerprint density at radius 3 is 2.45 bits per heavy atom. The first kappa shape index (κ1) is 24.9. The first-order valence-electron chi connectivity index (χ1n) is 10.2. The molecule has 1 aliphatic rings. The number of β-amino-alcohol motifs (C(OH)–C–C–N with tert-alkyl or cyclic N) is 1. The van der Waals surface area contributed by atoms with Gasteiger partial charge in [0.25, 0.3) is 0 Å². The minimum atomic E-state index is -1.17. The average molecular weight is 413 g/mol. The highest BCUT2D eigenvalue weighted by Gasteiger charge is 2.43. The summed E-state index contributed by atoms with van der Waals surface area (Å²) in [6.45, 7) is 12.7. The van der Waals surface area contributed by atoms with E-state index in [9.17, 15) is 24.6 Å². The van der Waals surface area contributed by atoms with Crippen molar-refractivity contribution in [3.05, 3.63) is 12.7 Å². The SMILES string of the molecule is C=CCCC(C)C[C@@H](C)[C@H](NC(=O)OC(C)(C)C)C(=O)N1C[C@H](O)CC1C(=O)O. The van der Waals surface area contributed by atoms with Crippen LogP contribution in [0.3, 0.4) is 0 Å². The van der Waals surface area contributed by atoms with Crippen LogP contribution in [0.4, 0.5) is 4.79 Å². The predicted molar refractivity (Wildman–Crippen MR) is 109 cm³/mol. The maximum Gasteiger partial charge on any atom is 0.408 e. The molecular weight excluding hydrogens is 376 g/mol. The molecule has 166 valence electrons. The fraction of sp³-hybridized carbons (Fsp3) is 0.762. The van der Waals surface area contributed by atoms with Crippen LogP contribution >= 0.6 is 0 Å². The highest BCUT2D eigenvalue weighted by molar-refractivity contribution is 5.90. The number of ether oxygens (including phenoxy) is 1. The molecule has 0 radical (unpaired) electrons. The third-order valence-electron chi connectivity index (χ3n) is 4.99. The summed E-state index contributed by atoms with van der Waals surface area (Å²) in [7, 11) is 0. The summed E-state index contributed by atoms with van der Waals surface area (Å²) in [5, 5.41) is 21.9. The Hall–Kier alpha value is -2.09. The molecule has 8 nitrogen and oxygen atoms in total. The summed E-state index contributed by atoms with van der Waals surface area (Å²) < 4.78 is 5.30. The summed E-state index contributed by atoms with van der Waals surface area (Å²) in [6, 6.07) is -2.05. The van der Waals surface area contributed by atoms with Gasteiger partial charge >= 0.3 is 12.1 Å². The Bertz CT molecular complexity index is 600. The summed E-state index contributed by atoms with van der Waals surface area (Å²) in [5.41, 5.74) is -0.731. The number of amides is 2. The summed E-state index contributed by atoms with van der Waals surface area (Å²) in [5.74, 6) is -1.64. The molecule has 2 unspecified atom stereocenters. The molecule has 0 bridgehead atoms. The number of nitrogens with zero attached hydrogens (tertiary/aromatic N) is 1. The van der Waals surface area contributed by atoms with Crippen LogP contribution in [-0.4, -0.2) is 63.4 Å². The third-order valence-corrected chi connectivity index (χ3v) is 4.99. The summed E-state index contributed by atoms with van der Waals surface area (Å²) >= 11 is 0. The van der Waals surface area contributed by atoms with E-state index < -0.39 is 41.8 Å². The molecule has 0 aliphatic carbocycles. The fourth-order valence-corrected chi connectivity index (χ4v) is 3.64. The number of hydrogen-bond acceptors (Lipinski definition) is 5. The van der Waals surface area contributed by atoms with Crippen molar-refractivity contribution in [3.63, 3.8) is 0 Å². The largest absolute Gasteiger partial charge is 0.480 e. The molecular formula is C21H36N2O6. The van der Waals surface area contributed by atoms with Crippen LogP contribution in [-0.2, 0) is 14.3 Å². The van der Waals surface area contributed by atoms with Gasteiger partial charge < -0.3 is 25.2 Å². The second kappa shape index (κ2) is 10.6. The van der Waals surface area contributed by atoms with Crippen LogP contribution < -0.4 is 5.32 Å². The molecule has 8 heteroatoms. The lowest BCUT2D eigenvalue weighted by Gasteiger charge is -2.32. The van der Waals surface area contributed by atoms with Crippen molar-refractivity contribution >= 4 is 18.0 Å². The van der Waals surface area contributed by atoms with Crippen molar-refractivity contribution in [1.29, 1.82) is 0 Å². The first-order valence-corrected chi connectivity index (χ1v) is 10.2. The van der Waals surface area contributed by atoms with Crippen molar-refractivity contribution < 1.29 is 29.3 Å². The quantitative estimate of drug-likeness (QED) is 0.501. The lowest BCUT2D eigenvalue weighted by molar-refractivity contribution is -0.149. The van der Waals surface area contributed by atoms with Crippen molar-refractivity contribution in [3.8, 4) is 0 Å². The van der Waals surface area contributed by atoms with Gasteiger partial charge in [0, 0.05) is 13.0 Å². The molecule has 5 atom stereocenters. The fourth-order valence-electron chi connectivity index (χ4n) is 3.64. The van der Waals surface area contributed by atoms with Gasteiger partial charge in [-0.2, -0.15) is 0 Å². The smallest absolute Gasteiger partial charge is 0.408 e. The number of aliphatic hydroxyl groups excluding tert-OH is 1. The maximum atomic E-state index is 13.2. The maximum absolute atomic E-state index is 13.2. The molecule has 0 aromatic heterocycles. The summed E-state index contributed by atoms with van der Waals surface area (Å²) in [4.78, 5) is 38.2. The molecule has 0 spiro atoms. The highest BCUT2D eigenvalue weighted by Crippen LogP contribution is 2.25. The number of aliphatic hydroxyl groups is 1. The number of aliphatic carboxylic acids is 1. The molecule has 1 saturated heterocycles. The van der Waals surface area contributed by atoms with E-state index in [0.29, 0.717) is 6.42 Å². The molecule has 2 amide bonds. The van der Waals surface area contributed by atoms with E-state index in [-0.39, 0.29) is 24.8 Å². The molecule has 0 aromatic rings. The monoisotopic (exact) mass is 412 g/mol. The molecule has 1 aliphatic heterocycles. The lowest BCUT2D eigenvalue weighted by Crippen LogP contribution is -2.55. The van der Waals surface area contributed by atoms with E-state index in [4.69, 9.17) is 4.74 Å². The Labute approximate surface area is 173 Å². The van der Waals surface area contributed by atoms with Gasteiger partial charge in [-0.05, 0) is 51.9 Å². The van der Waals surface area contributed by atoms with Gasteiger partial charge in [0.15, 0.2) is 0 Å². The number of hydrogen-bond donors (Lipinski definition) is 3. The van der Waals surface area contributed by atoms with Gasteiger partial charge in [-0.1, -0.05) is 19.9 Å². The van der Waals surface area contributed by atoms with Crippen molar-refractivity contribution in [2.45, 2.75) is 84.1 Å².